The van der Waals surface area contributed by atoms with Crippen LogP contribution < -0.4 is 25.5 Å². The monoisotopic (exact) mass is 950 g/mol. The molecule has 362 valence electrons. The van der Waals surface area contributed by atoms with Gasteiger partial charge in [0.15, 0.2) is 0 Å². The third-order valence-electron chi connectivity index (χ3n) is 16.5. The van der Waals surface area contributed by atoms with Gasteiger partial charge < -0.3 is 14.6 Å². The molecule has 4 heteroatoms. The first-order valence-corrected chi connectivity index (χ1v) is 26.5. The zero-order valence-electron chi connectivity index (χ0n) is 45.2. The zero-order valence-corrected chi connectivity index (χ0v) is 45.2. The van der Waals surface area contributed by atoms with E-state index in [2.05, 4.69) is 281 Å². The molecule has 0 unspecified atom stereocenters. The zero-order chi connectivity index (χ0) is 51.1. The van der Waals surface area contributed by atoms with Gasteiger partial charge in [0, 0.05) is 50.8 Å². The summed E-state index contributed by atoms with van der Waals surface area (Å²) in [6, 6.07) is 68.0. The standard InChI is InChI=1S/C69H68BN3/c1-43-19-16-20-44(2)63(43)47-37-56-55-36-35-53(71(51-31-27-48(28-32-51)66(3,4)5)52-33-29-49(30-34-52)67(6,7)8)42-60(55)73(54-24-17-23-50(41-54)68(9,10)11)70-59-26-18-25-57-65(59)72(62(40-47)64(56)70)61-39-46-22-15-14-21-45(46)38-58(61)69(57,12)13/h14-42H,1-13H3. The molecule has 0 aliphatic carbocycles. The van der Waals surface area contributed by atoms with Crippen LogP contribution in [0.3, 0.4) is 0 Å². The summed E-state index contributed by atoms with van der Waals surface area (Å²) in [5, 5.41) is 2.53. The highest BCUT2D eigenvalue weighted by atomic mass is 15.2. The molecule has 9 aromatic rings. The van der Waals surface area contributed by atoms with Crippen LogP contribution in [0.1, 0.15) is 115 Å². The topological polar surface area (TPSA) is 9.72 Å². The molecule has 3 aliphatic heterocycles. The summed E-state index contributed by atoms with van der Waals surface area (Å²) in [6.07, 6.45) is 0. The van der Waals surface area contributed by atoms with E-state index in [1.807, 2.05) is 0 Å². The molecular weight excluding hydrogens is 882 g/mol. The molecule has 3 aliphatic rings. The van der Waals surface area contributed by atoms with Crippen molar-refractivity contribution in [2.24, 2.45) is 0 Å². The first-order valence-electron chi connectivity index (χ1n) is 26.5. The third kappa shape index (κ3) is 7.46. The van der Waals surface area contributed by atoms with Crippen molar-refractivity contribution >= 4 is 74.0 Å². The van der Waals surface area contributed by atoms with E-state index in [-0.39, 0.29) is 28.5 Å². The van der Waals surface area contributed by atoms with Crippen molar-refractivity contribution in [1.82, 2.24) is 0 Å². The highest BCUT2D eigenvalue weighted by molar-refractivity contribution is 6.93. The molecule has 0 radical (unpaired) electrons. The van der Waals surface area contributed by atoms with Gasteiger partial charge in [-0.1, -0.05) is 179 Å². The van der Waals surface area contributed by atoms with Gasteiger partial charge >= 0.3 is 6.85 Å². The molecule has 0 bridgehead atoms. The molecule has 12 rings (SSSR count). The Morgan fingerprint density at radius 1 is 0.452 bits per heavy atom. The van der Waals surface area contributed by atoms with Gasteiger partial charge in [0.25, 0.3) is 0 Å². The molecule has 0 saturated heterocycles. The van der Waals surface area contributed by atoms with Gasteiger partial charge in [-0.2, -0.15) is 0 Å². The highest BCUT2D eigenvalue weighted by Crippen LogP contribution is 2.57. The first kappa shape index (κ1) is 46.8. The molecule has 73 heavy (non-hydrogen) atoms. The van der Waals surface area contributed by atoms with Crippen molar-refractivity contribution in [2.75, 3.05) is 14.6 Å². The quantitative estimate of drug-likeness (QED) is 0.159. The Morgan fingerprint density at radius 2 is 1.03 bits per heavy atom. The fourth-order valence-electron chi connectivity index (χ4n) is 12.4. The fraction of sp³-hybridized carbons (Fsp3) is 0.246. The molecule has 0 spiro atoms. The Labute approximate surface area is 435 Å². The molecule has 0 saturated carbocycles. The smallest absolute Gasteiger partial charge is 0.333 e. The summed E-state index contributed by atoms with van der Waals surface area (Å²) >= 11 is 0. The van der Waals surface area contributed by atoms with E-state index in [0.29, 0.717) is 0 Å². The van der Waals surface area contributed by atoms with Crippen LogP contribution in [-0.4, -0.2) is 6.85 Å². The van der Waals surface area contributed by atoms with E-state index in [0.717, 1.165) is 17.1 Å². The summed E-state index contributed by atoms with van der Waals surface area (Å²) in [7, 11) is 0. The molecule has 3 heterocycles. The van der Waals surface area contributed by atoms with E-state index >= 15 is 0 Å². The average molecular weight is 950 g/mol. The van der Waals surface area contributed by atoms with Crippen molar-refractivity contribution in [3.63, 3.8) is 0 Å². The predicted molar refractivity (Wildman–Crippen MR) is 315 cm³/mol. The van der Waals surface area contributed by atoms with Crippen LogP contribution in [0.2, 0.25) is 0 Å². The predicted octanol–water partition coefficient (Wildman–Crippen LogP) is 17.8. The van der Waals surface area contributed by atoms with Crippen LogP contribution in [0, 0.1) is 13.8 Å². The molecule has 0 amide bonds. The lowest BCUT2D eigenvalue weighted by molar-refractivity contribution is 0.590. The normalized spacial score (nSPS) is 14.4. The largest absolute Gasteiger partial charge is 0.376 e. The van der Waals surface area contributed by atoms with Gasteiger partial charge in [-0.15, -0.1) is 0 Å². The Kier molecular flexibility index (Phi) is 10.5. The molecule has 9 aromatic carbocycles. The molecule has 0 fully saturated rings. The SMILES string of the molecule is Cc1cccc(C)c1-c1cc2c3c(c1)N1c4cc5ccccc5cc4C(C)(C)c4cccc(c41)B3N(c1cccc(C(C)(C)C)c1)c1cc(N(c3ccc(C(C)(C)C)cc3)c3ccc(C(C)(C)C)cc3)ccc1-2. The van der Waals surface area contributed by atoms with Crippen molar-refractivity contribution in [2.45, 2.75) is 112 Å². The lowest BCUT2D eigenvalue weighted by Crippen LogP contribution is -2.62. The number of aryl methyl sites for hydroxylation is 2. The van der Waals surface area contributed by atoms with Crippen LogP contribution in [0.15, 0.2) is 176 Å². The molecular formula is C69H68BN3. The van der Waals surface area contributed by atoms with Crippen LogP contribution in [0.5, 0.6) is 0 Å². The fourth-order valence-corrected chi connectivity index (χ4v) is 12.4. The number of nitrogens with zero attached hydrogens (tertiary/aromatic N) is 3. The minimum atomic E-state index is -0.270. The second-order valence-electron chi connectivity index (χ2n) is 24.8. The summed E-state index contributed by atoms with van der Waals surface area (Å²) < 4.78 is 0. The molecule has 0 atom stereocenters. The van der Waals surface area contributed by atoms with Crippen molar-refractivity contribution in [3.8, 4) is 22.3 Å². The van der Waals surface area contributed by atoms with Crippen LogP contribution >= 0.6 is 0 Å². The second-order valence-corrected chi connectivity index (χ2v) is 24.8. The summed E-state index contributed by atoms with van der Waals surface area (Å²) in [5.41, 5.74) is 26.2. The van der Waals surface area contributed by atoms with Crippen molar-refractivity contribution < 1.29 is 0 Å². The van der Waals surface area contributed by atoms with Crippen LogP contribution in [0.4, 0.5) is 45.5 Å². The second kappa shape index (κ2) is 16.4. The van der Waals surface area contributed by atoms with Gasteiger partial charge in [0.2, 0.25) is 0 Å². The van der Waals surface area contributed by atoms with E-state index in [1.165, 1.54) is 111 Å². The summed E-state index contributed by atoms with van der Waals surface area (Å²) in [5.74, 6) is 0. The number of anilines is 8. The minimum Gasteiger partial charge on any atom is -0.376 e. The van der Waals surface area contributed by atoms with Crippen LogP contribution in [0.25, 0.3) is 33.0 Å². The molecule has 0 N–H and O–H groups in total. The Bertz CT molecular complexity index is 3610. The lowest BCUT2D eigenvalue weighted by atomic mass is 9.42. The maximum atomic E-state index is 2.71. The van der Waals surface area contributed by atoms with Gasteiger partial charge in [-0.05, 0) is 180 Å². The Hall–Kier alpha value is -7.30. The number of para-hydroxylation sites is 1. The number of hydrogen-bond acceptors (Lipinski definition) is 3. The van der Waals surface area contributed by atoms with Gasteiger partial charge in [0.05, 0.1) is 5.69 Å². The third-order valence-corrected chi connectivity index (χ3v) is 16.5. The molecule has 3 nitrogen and oxygen atoms in total. The maximum absolute atomic E-state index is 2.71. The average Bonchev–Trinajstić information content (AvgIpc) is 3.36. The van der Waals surface area contributed by atoms with E-state index in [4.69, 9.17) is 0 Å². The van der Waals surface area contributed by atoms with Gasteiger partial charge in [-0.25, -0.2) is 0 Å². The lowest BCUT2D eigenvalue weighted by Gasteiger charge is -2.50. The van der Waals surface area contributed by atoms with Gasteiger partial charge in [-0.3, -0.25) is 0 Å². The van der Waals surface area contributed by atoms with E-state index < -0.39 is 0 Å². The maximum Gasteiger partial charge on any atom is 0.333 e. The van der Waals surface area contributed by atoms with E-state index in [1.54, 1.807) is 0 Å². The highest BCUT2D eigenvalue weighted by Gasteiger charge is 2.50. The summed E-state index contributed by atoms with van der Waals surface area (Å²) in [6.45, 7) is 30.0. The summed E-state index contributed by atoms with van der Waals surface area (Å²) in [4.78, 5) is 7.84. The first-order chi connectivity index (χ1) is 34.7. The van der Waals surface area contributed by atoms with Crippen molar-refractivity contribution in [1.29, 1.82) is 0 Å². The minimum absolute atomic E-state index is 0.0326. The van der Waals surface area contributed by atoms with Crippen molar-refractivity contribution in [3.05, 3.63) is 215 Å². The number of hydrogen-bond donors (Lipinski definition) is 0. The van der Waals surface area contributed by atoms with E-state index in [9.17, 15) is 0 Å². The number of fused-ring (bicyclic) bond motifs is 7. The Balaban J connectivity index is 1.19. The van der Waals surface area contributed by atoms with Gasteiger partial charge in [0.1, 0.15) is 0 Å². The van der Waals surface area contributed by atoms with Crippen LogP contribution in [-0.2, 0) is 21.7 Å². The number of rotatable bonds is 5. The Morgan fingerprint density at radius 3 is 1.64 bits per heavy atom. The molecule has 0 aromatic heterocycles. The number of benzene rings is 9.